The van der Waals surface area contributed by atoms with Crippen molar-refractivity contribution in [2.75, 3.05) is 5.32 Å². The highest BCUT2D eigenvalue weighted by Gasteiger charge is 2.27. The number of nitrogens with zero attached hydrogens (tertiary/aromatic N) is 5. The molecule has 0 saturated carbocycles. The lowest BCUT2D eigenvalue weighted by Gasteiger charge is -2.13. The van der Waals surface area contributed by atoms with E-state index < -0.39 is 16.9 Å². The summed E-state index contributed by atoms with van der Waals surface area (Å²) in [5.41, 5.74) is 1.26. The van der Waals surface area contributed by atoms with Gasteiger partial charge in [0.05, 0.1) is 21.5 Å². The topological polar surface area (TPSA) is 108 Å². The Bertz CT molecular complexity index is 1140. The highest BCUT2D eigenvalue weighted by atomic mass is 35.5. The number of carbonyl (C=O) groups is 1. The van der Waals surface area contributed by atoms with Gasteiger partial charge in [-0.05, 0) is 38.5 Å². The van der Waals surface area contributed by atoms with E-state index in [1.54, 1.807) is 42.9 Å². The number of aromatic nitrogens is 4. The van der Waals surface area contributed by atoms with Crippen LogP contribution in [0.25, 0.3) is 0 Å². The first-order valence-electron chi connectivity index (χ1n) is 8.76. The second-order valence-corrected chi connectivity index (χ2v) is 7.88. The molecule has 158 valence electrons. The van der Waals surface area contributed by atoms with Gasteiger partial charge in [-0.15, -0.1) is 0 Å². The fraction of sp³-hybridized carbons (Fsp3) is 0.278. The van der Waals surface area contributed by atoms with Crippen LogP contribution in [0.2, 0.25) is 15.1 Å². The first kappa shape index (κ1) is 22.1. The van der Waals surface area contributed by atoms with Crippen LogP contribution in [0, 0.1) is 24.0 Å². The van der Waals surface area contributed by atoms with Crippen molar-refractivity contribution in [1.82, 2.24) is 19.6 Å². The van der Waals surface area contributed by atoms with Gasteiger partial charge in [-0.2, -0.15) is 10.2 Å². The van der Waals surface area contributed by atoms with Crippen molar-refractivity contribution in [3.05, 3.63) is 66.5 Å². The number of amides is 1. The third-order valence-corrected chi connectivity index (χ3v) is 5.52. The van der Waals surface area contributed by atoms with Gasteiger partial charge in [-0.3, -0.25) is 24.3 Å². The highest BCUT2D eigenvalue weighted by Crippen LogP contribution is 2.27. The molecular formula is C18H17Cl3N6O3. The number of anilines is 1. The summed E-state index contributed by atoms with van der Waals surface area (Å²) in [5, 5.41) is 23.4. The van der Waals surface area contributed by atoms with Crippen LogP contribution in [0.1, 0.15) is 29.9 Å². The van der Waals surface area contributed by atoms with Gasteiger partial charge in [-0.25, -0.2) is 0 Å². The maximum absolute atomic E-state index is 12.7. The number of hydrogen-bond acceptors (Lipinski definition) is 5. The third-order valence-electron chi connectivity index (χ3n) is 4.50. The molecule has 0 fully saturated rings. The Labute approximate surface area is 186 Å². The fourth-order valence-corrected chi connectivity index (χ4v) is 3.53. The van der Waals surface area contributed by atoms with Gasteiger partial charge in [0.25, 0.3) is 0 Å². The molecule has 0 saturated heterocycles. The minimum Gasteiger partial charge on any atom is -0.306 e. The Kier molecular flexibility index (Phi) is 6.35. The van der Waals surface area contributed by atoms with E-state index in [2.05, 4.69) is 15.5 Å². The standard InChI is InChI=1S/C18H17Cl3N6O3/c1-9-16(27(29)30)10(2)26(23-9)11(3)18(28)22-17-15(21)8-25(24-17)7-12-4-5-13(19)14(20)6-12/h4-6,8,11H,7H2,1-3H3,(H,22,24,28). The summed E-state index contributed by atoms with van der Waals surface area (Å²) in [5.74, 6) is -0.290. The first-order valence-corrected chi connectivity index (χ1v) is 9.89. The molecule has 1 N–H and O–H groups in total. The van der Waals surface area contributed by atoms with Crippen molar-refractivity contribution in [2.45, 2.75) is 33.4 Å². The van der Waals surface area contributed by atoms with Gasteiger partial charge in [-0.1, -0.05) is 40.9 Å². The van der Waals surface area contributed by atoms with E-state index in [-0.39, 0.29) is 27.9 Å². The fourth-order valence-electron chi connectivity index (χ4n) is 3.02. The molecule has 9 nitrogen and oxygen atoms in total. The minimum absolute atomic E-state index is 0.112. The van der Waals surface area contributed by atoms with Crippen molar-refractivity contribution >= 4 is 52.2 Å². The number of rotatable bonds is 6. The smallest absolute Gasteiger partial charge is 0.306 e. The van der Waals surface area contributed by atoms with E-state index in [0.29, 0.717) is 16.6 Å². The predicted octanol–water partition coefficient (Wildman–Crippen LogP) is 4.81. The molecule has 3 aromatic rings. The molecule has 2 aromatic heterocycles. The molecule has 0 spiro atoms. The van der Waals surface area contributed by atoms with Crippen molar-refractivity contribution in [2.24, 2.45) is 0 Å². The summed E-state index contributed by atoms with van der Waals surface area (Å²) in [6.45, 7) is 5.01. The molecule has 0 bridgehead atoms. The molecule has 3 rings (SSSR count). The van der Waals surface area contributed by atoms with Crippen LogP contribution in [-0.2, 0) is 11.3 Å². The number of nitrogens with one attached hydrogen (secondary N) is 1. The Morgan fingerprint density at radius 3 is 2.50 bits per heavy atom. The second-order valence-electron chi connectivity index (χ2n) is 6.66. The summed E-state index contributed by atoms with van der Waals surface area (Å²) in [4.78, 5) is 23.3. The van der Waals surface area contributed by atoms with E-state index in [1.807, 2.05) is 0 Å². The average molecular weight is 472 g/mol. The summed E-state index contributed by atoms with van der Waals surface area (Å²) >= 11 is 18.2. The molecule has 1 unspecified atom stereocenters. The van der Waals surface area contributed by atoms with E-state index in [0.717, 1.165) is 5.56 Å². The summed E-state index contributed by atoms with van der Waals surface area (Å²) in [6.07, 6.45) is 1.57. The zero-order valence-corrected chi connectivity index (χ0v) is 18.5. The van der Waals surface area contributed by atoms with Crippen LogP contribution in [0.4, 0.5) is 11.5 Å². The number of nitro groups is 1. The van der Waals surface area contributed by atoms with Crippen LogP contribution in [0.15, 0.2) is 24.4 Å². The molecule has 2 heterocycles. The quantitative estimate of drug-likeness (QED) is 0.410. The lowest BCUT2D eigenvalue weighted by Crippen LogP contribution is -2.25. The monoisotopic (exact) mass is 470 g/mol. The van der Waals surface area contributed by atoms with Crippen LogP contribution >= 0.6 is 34.8 Å². The normalized spacial score (nSPS) is 12.1. The summed E-state index contributed by atoms with van der Waals surface area (Å²) in [7, 11) is 0. The number of hydrogen-bond donors (Lipinski definition) is 1. The number of halogens is 3. The van der Waals surface area contributed by atoms with Crippen molar-refractivity contribution in [3.63, 3.8) is 0 Å². The summed E-state index contributed by atoms with van der Waals surface area (Å²) in [6, 6.07) is 4.39. The highest BCUT2D eigenvalue weighted by molar-refractivity contribution is 6.42. The minimum atomic E-state index is -0.811. The van der Waals surface area contributed by atoms with E-state index in [1.165, 1.54) is 11.6 Å². The van der Waals surface area contributed by atoms with Gasteiger partial charge >= 0.3 is 5.69 Å². The second kappa shape index (κ2) is 8.63. The maximum Gasteiger partial charge on any atom is 0.312 e. The first-order chi connectivity index (χ1) is 14.1. The Hall–Kier alpha value is -2.62. The average Bonchev–Trinajstić information content (AvgIpc) is 3.15. The Morgan fingerprint density at radius 2 is 1.90 bits per heavy atom. The number of benzene rings is 1. The van der Waals surface area contributed by atoms with Crippen LogP contribution in [-0.4, -0.2) is 30.4 Å². The van der Waals surface area contributed by atoms with Crippen molar-refractivity contribution in [1.29, 1.82) is 0 Å². The Balaban J connectivity index is 1.76. The van der Waals surface area contributed by atoms with E-state index in [9.17, 15) is 14.9 Å². The predicted molar refractivity (Wildman–Crippen MR) is 114 cm³/mol. The maximum atomic E-state index is 12.7. The van der Waals surface area contributed by atoms with Crippen molar-refractivity contribution in [3.8, 4) is 0 Å². The zero-order valence-electron chi connectivity index (χ0n) is 16.2. The number of aryl methyl sites for hydroxylation is 1. The van der Waals surface area contributed by atoms with Gasteiger partial charge < -0.3 is 5.32 Å². The molecule has 0 aliphatic heterocycles. The largest absolute Gasteiger partial charge is 0.312 e. The van der Waals surface area contributed by atoms with E-state index >= 15 is 0 Å². The van der Waals surface area contributed by atoms with Crippen LogP contribution < -0.4 is 5.32 Å². The molecule has 1 atom stereocenters. The van der Waals surface area contributed by atoms with Crippen molar-refractivity contribution < 1.29 is 9.72 Å². The SMILES string of the molecule is Cc1nn(C(C)C(=O)Nc2nn(Cc3ccc(Cl)c(Cl)c3)cc2Cl)c(C)c1[N+](=O)[O-]. The molecule has 0 radical (unpaired) electrons. The molecule has 0 aliphatic rings. The van der Waals surface area contributed by atoms with Gasteiger partial charge in [0, 0.05) is 6.20 Å². The van der Waals surface area contributed by atoms with Crippen LogP contribution in [0.3, 0.4) is 0 Å². The molecular weight excluding hydrogens is 455 g/mol. The third kappa shape index (κ3) is 4.43. The molecule has 0 aliphatic carbocycles. The Morgan fingerprint density at radius 1 is 1.20 bits per heavy atom. The lowest BCUT2D eigenvalue weighted by molar-refractivity contribution is -0.386. The van der Waals surface area contributed by atoms with Crippen LogP contribution in [0.5, 0.6) is 0 Å². The van der Waals surface area contributed by atoms with E-state index in [4.69, 9.17) is 34.8 Å². The molecule has 1 amide bonds. The zero-order chi connectivity index (χ0) is 22.2. The molecule has 1 aromatic carbocycles. The number of carbonyl (C=O) groups excluding carboxylic acids is 1. The van der Waals surface area contributed by atoms with Gasteiger partial charge in [0.1, 0.15) is 22.5 Å². The molecule has 12 heteroatoms. The summed E-state index contributed by atoms with van der Waals surface area (Å²) < 4.78 is 2.86. The van der Waals surface area contributed by atoms with Gasteiger partial charge in [0.15, 0.2) is 5.82 Å². The lowest BCUT2D eigenvalue weighted by atomic mass is 10.2. The van der Waals surface area contributed by atoms with Gasteiger partial charge in [0.2, 0.25) is 5.91 Å². The molecule has 30 heavy (non-hydrogen) atoms.